The van der Waals surface area contributed by atoms with E-state index in [1.165, 1.54) is 0 Å². The van der Waals surface area contributed by atoms with Gasteiger partial charge in [-0.1, -0.05) is 0 Å². The molecule has 6 heteroatoms. The Labute approximate surface area is 53.4 Å². The zero-order valence-corrected chi connectivity index (χ0v) is 4.93. The van der Waals surface area contributed by atoms with Gasteiger partial charge in [0.05, 0.1) is 0 Å². The van der Waals surface area contributed by atoms with Crippen LogP contribution in [0.5, 0.6) is 0 Å². The van der Waals surface area contributed by atoms with Gasteiger partial charge in [-0.3, -0.25) is 0 Å². The maximum atomic E-state index is 7.91. The fraction of sp³-hybridized carbons (Fsp3) is 1.00. The van der Waals surface area contributed by atoms with Crippen molar-refractivity contribution in [1.82, 2.24) is 0 Å². The minimum atomic E-state index is -2.17. The van der Waals surface area contributed by atoms with E-state index >= 15 is 0 Å². The molecule has 0 aromatic carbocycles. The maximum absolute atomic E-state index is 7.91. The molecule has 0 aliphatic heterocycles. The largest absolute Gasteiger partial charge is 0.631 e. The van der Waals surface area contributed by atoms with Crippen LogP contribution in [0.15, 0.2) is 0 Å². The molecule has 9 heavy (non-hydrogen) atoms. The molecule has 0 unspecified atom stereocenters. The molecule has 0 bridgehead atoms. The van der Waals surface area contributed by atoms with Crippen LogP contribution in [0.1, 0.15) is 6.42 Å². The summed E-state index contributed by atoms with van der Waals surface area (Å²) in [5.74, 6) is 0. The van der Waals surface area contributed by atoms with Crippen LogP contribution in [-0.2, 0) is 0 Å². The first-order valence-corrected chi connectivity index (χ1v) is 2.41. The highest BCUT2D eigenvalue weighted by Crippen LogP contribution is 1.65. The number of aliphatic hydroxyl groups excluding tert-OH is 2. The number of aliphatic hydroxyl groups is 2. The van der Waals surface area contributed by atoms with Crippen LogP contribution < -0.4 is 0 Å². The van der Waals surface area contributed by atoms with E-state index in [4.69, 9.17) is 25.3 Å². The van der Waals surface area contributed by atoms with Gasteiger partial charge < -0.3 is 25.3 Å². The standard InChI is InChI=1S/C3H8O2.BH3O3/c4-2-1-3-5;2-1(3)4/h4-5H,1-3H2;2-4H. The van der Waals surface area contributed by atoms with Crippen molar-refractivity contribution >= 4 is 7.32 Å². The Morgan fingerprint density at radius 3 is 1.11 bits per heavy atom. The lowest BCUT2D eigenvalue weighted by molar-refractivity contribution is 0.221. The van der Waals surface area contributed by atoms with Crippen molar-refractivity contribution in [2.45, 2.75) is 6.42 Å². The second kappa shape index (κ2) is 10.8. The summed E-state index contributed by atoms with van der Waals surface area (Å²) in [6.45, 7) is 0.188. The molecular weight excluding hydrogens is 127 g/mol. The average Bonchev–Trinajstić information content (AvgIpc) is 1.66. The number of rotatable bonds is 2. The Kier molecular flexibility index (Phi) is 13.9. The minimum absolute atomic E-state index is 0.0938. The molecule has 56 valence electrons. The van der Waals surface area contributed by atoms with Crippen LogP contribution in [0.2, 0.25) is 0 Å². The first kappa shape index (κ1) is 11.6. The Balaban J connectivity index is 0. The Hall–Kier alpha value is -0.135. The predicted octanol–water partition coefficient (Wildman–Crippen LogP) is -2.69. The van der Waals surface area contributed by atoms with Gasteiger partial charge >= 0.3 is 7.32 Å². The van der Waals surface area contributed by atoms with Crippen LogP contribution >= 0.6 is 0 Å². The molecule has 0 aliphatic rings. The minimum Gasteiger partial charge on any atom is -0.402 e. The normalized spacial score (nSPS) is 7.67. The lowest BCUT2D eigenvalue weighted by Gasteiger charge is -1.79. The van der Waals surface area contributed by atoms with Crippen LogP contribution in [0, 0.1) is 0 Å². The average molecular weight is 138 g/mol. The Morgan fingerprint density at radius 2 is 1.11 bits per heavy atom. The number of hydrogen-bond donors (Lipinski definition) is 5. The molecule has 5 N–H and O–H groups in total. The molecule has 0 radical (unpaired) electrons. The molecule has 0 amide bonds. The first-order chi connectivity index (χ1) is 4.15. The highest BCUT2D eigenvalue weighted by atomic mass is 16.5. The van der Waals surface area contributed by atoms with Gasteiger partial charge in [0, 0.05) is 13.2 Å². The molecule has 0 fully saturated rings. The lowest BCUT2D eigenvalue weighted by Crippen LogP contribution is -2.07. The van der Waals surface area contributed by atoms with Crippen molar-refractivity contribution in [2.24, 2.45) is 0 Å². The van der Waals surface area contributed by atoms with Crippen LogP contribution in [-0.4, -0.2) is 45.8 Å². The monoisotopic (exact) mass is 138 g/mol. The quantitative estimate of drug-likeness (QED) is 0.267. The molecule has 0 saturated heterocycles. The Bertz CT molecular complexity index is 36.4. The summed E-state index contributed by atoms with van der Waals surface area (Å²) in [5.41, 5.74) is 0. The summed E-state index contributed by atoms with van der Waals surface area (Å²) in [6, 6.07) is 0. The van der Waals surface area contributed by atoms with Crippen molar-refractivity contribution in [3.8, 4) is 0 Å². The van der Waals surface area contributed by atoms with E-state index in [0.717, 1.165) is 0 Å². The van der Waals surface area contributed by atoms with Crippen molar-refractivity contribution in [2.75, 3.05) is 13.2 Å². The maximum Gasteiger partial charge on any atom is 0.631 e. The van der Waals surface area contributed by atoms with Crippen molar-refractivity contribution in [3.05, 3.63) is 0 Å². The molecule has 5 nitrogen and oxygen atoms in total. The number of hydrogen-bond acceptors (Lipinski definition) is 5. The zero-order chi connectivity index (χ0) is 7.70. The van der Waals surface area contributed by atoms with E-state index in [1.807, 2.05) is 0 Å². The van der Waals surface area contributed by atoms with Crippen LogP contribution in [0.3, 0.4) is 0 Å². The summed E-state index contributed by atoms with van der Waals surface area (Å²) in [4.78, 5) is 0. The van der Waals surface area contributed by atoms with E-state index in [2.05, 4.69) is 0 Å². The predicted molar refractivity (Wildman–Crippen MR) is 31.2 cm³/mol. The Morgan fingerprint density at radius 1 is 0.889 bits per heavy atom. The van der Waals surface area contributed by atoms with E-state index in [0.29, 0.717) is 6.42 Å². The summed E-state index contributed by atoms with van der Waals surface area (Å²) in [7, 11) is -2.17. The van der Waals surface area contributed by atoms with Crippen molar-refractivity contribution < 1.29 is 25.3 Å². The summed E-state index contributed by atoms with van der Waals surface area (Å²) in [5, 5.41) is 37.3. The molecule has 0 rings (SSSR count). The molecule has 0 saturated carbocycles. The van der Waals surface area contributed by atoms with Gasteiger partial charge in [-0.2, -0.15) is 0 Å². The zero-order valence-electron chi connectivity index (χ0n) is 4.93. The third kappa shape index (κ3) is 77.8. The summed E-state index contributed by atoms with van der Waals surface area (Å²) in [6.07, 6.45) is 0.500. The second-order valence-corrected chi connectivity index (χ2v) is 1.15. The summed E-state index contributed by atoms with van der Waals surface area (Å²) < 4.78 is 0. The third-order valence-electron chi connectivity index (χ3n) is 0.316. The molecule has 0 atom stereocenters. The fourth-order valence-corrected chi connectivity index (χ4v) is 0.0707. The molecule has 0 aliphatic carbocycles. The van der Waals surface area contributed by atoms with Crippen LogP contribution in [0.4, 0.5) is 0 Å². The molecule has 0 spiro atoms. The van der Waals surface area contributed by atoms with Gasteiger partial charge in [0.15, 0.2) is 0 Å². The molecule has 0 aromatic rings. The van der Waals surface area contributed by atoms with Crippen molar-refractivity contribution in [3.63, 3.8) is 0 Å². The van der Waals surface area contributed by atoms with Gasteiger partial charge in [0.2, 0.25) is 0 Å². The smallest absolute Gasteiger partial charge is 0.402 e. The van der Waals surface area contributed by atoms with Crippen LogP contribution in [0.25, 0.3) is 0 Å². The third-order valence-corrected chi connectivity index (χ3v) is 0.316. The van der Waals surface area contributed by atoms with Gasteiger partial charge in [-0.15, -0.1) is 0 Å². The SMILES string of the molecule is OB(O)O.OCCCO. The van der Waals surface area contributed by atoms with E-state index in [9.17, 15) is 0 Å². The van der Waals surface area contributed by atoms with Gasteiger partial charge in [-0.25, -0.2) is 0 Å². The van der Waals surface area contributed by atoms with E-state index in [-0.39, 0.29) is 13.2 Å². The van der Waals surface area contributed by atoms with Gasteiger partial charge in [-0.05, 0) is 6.42 Å². The first-order valence-electron chi connectivity index (χ1n) is 2.41. The van der Waals surface area contributed by atoms with Gasteiger partial charge in [0.25, 0.3) is 0 Å². The molecule has 0 aromatic heterocycles. The lowest BCUT2D eigenvalue weighted by atomic mass is 10.3. The van der Waals surface area contributed by atoms with Crippen molar-refractivity contribution in [1.29, 1.82) is 0 Å². The molecule has 0 heterocycles. The fourth-order valence-electron chi connectivity index (χ4n) is 0.0707. The molecular formula is C3H11BO5. The second-order valence-electron chi connectivity index (χ2n) is 1.15. The highest BCUT2D eigenvalue weighted by Gasteiger charge is 1.92. The summed E-state index contributed by atoms with van der Waals surface area (Å²) >= 11 is 0. The van der Waals surface area contributed by atoms with E-state index < -0.39 is 7.32 Å². The van der Waals surface area contributed by atoms with E-state index in [1.54, 1.807) is 0 Å². The highest BCUT2D eigenvalue weighted by molar-refractivity contribution is 6.30. The topological polar surface area (TPSA) is 101 Å². The van der Waals surface area contributed by atoms with Gasteiger partial charge in [0.1, 0.15) is 0 Å².